The Morgan fingerprint density at radius 1 is 1.00 bits per heavy atom. The Bertz CT molecular complexity index is 1450. The lowest BCUT2D eigenvalue weighted by molar-refractivity contribution is -0.111. The largest absolute Gasteiger partial charge is 0.493 e. The van der Waals surface area contributed by atoms with Crippen LogP contribution in [0.2, 0.25) is 0 Å². The van der Waals surface area contributed by atoms with Crippen molar-refractivity contribution in [2.24, 2.45) is 0 Å². The number of hydrogen-bond donors (Lipinski definition) is 1. The van der Waals surface area contributed by atoms with Gasteiger partial charge in [-0.25, -0.2) is 0 Å². The molecule has 0 spiro atoms. The molecule has 6 heteroatoms. The molecule has 0 saturated carbocycles. The fourth-order valence-corrected chi connectivity index (χ4v) is 4.44. The van der Waals surface area contributed by atoms with Crippen LogP contribution < -0.4 is 19.5 Å². The van der Waals surface area contributed by atoms with Crippen molar-refractivity contribution in [3.8, 4) is 28.4 Å². The highest BCUT2D eigenvalue weighted by Crippen LogP contribution is 2.42. The minimum absolute atomic E-state index is 0.200. The molecule has 4 aromatic rings. The lowest BCUT2D eigenvalue weighted by Gasteiger charge is -2.15. The molecule has 4 rings (SSSR count). The zero-order valence-corrected chi connectivity index (χ0v) is 22.2. The third kappa shape index (κ3) is 5.33. The van der Waals surface area contributed by atoms with Crippen LogP contribution in [-0.2, 0) is 11.2 Å². The van der Waals surface area contributed by atoms with Gasteiger partial charge < -0.3 is 23.9 Å². The Balaban J connectivity index is 1.76. The van der Waals surface area contributed by atoms with E-state index in [4.69, 9.17) is 18.6 Å². The number of anilines is 1. The molecule has 0 aliphatic carbocycles. The number of amides is 1. The maximum absolute atomic E-state index is 12.9. The van der Waals surface area contributed by atoms with E-state index in [1.807, 2.05) is 69.3 Å². The molecule has 0 fully saturated rings. The molecule has 1 amide bonds. The van der Waals surface area contributed by atoms with Gasteiger partial charge >= 0.3 is 0 Å². The Morgan fingerprint density at radius 3 is 2.38 bits per heavy atom. The van der Waals surface area contributed by atoms with E-state index < -0.39 is 0 Å². The number of hydrogen-bond acceptors (Lipinski definition) is 5. The number of aryl methyl sites for hydroxylation is 2. The molecule has 6 nitrogen and oxygen atoms in total. The van der Waals surface area contributed by atoms with Gasteiger partial charge in [-0.15, -0.1) is 0 Å². The first kappa shape index (κ1) is 25.9. The SMILES string of the molecule is CCOc1c(/C(C)=C/C(=O)Nc2ccc(CC)cc2)cc2c(-c3ccc(OC)c(OC)c3)coc2c1C. The number of nitrogens with one attached hydrogen (secondary N) is 1. The summed E-state index contributed by atoms with van der Waals surface area (Å²) in [6, 6.07) is 15.7. The molecule has 0 atom stereocenters. The number of rotatable bonds is 9. The van der Waals surface area contributed by atoms with Crippen molar-refractivity contribution in [2.75, 3.05) is 26.1 Å². The van der Waals surface area contributed by atoms with Crippen molar-refractivity contribution < 1.29 is 23.4 Å². The van der Waals surface area contributed by atoms with Crippen molar-refractivity contribution in [1.82, 2.24) is 0 Å². The van der Waals surface area contributed by atoms with Crippen LogP contribution in [0.15, 0.2) is 65.3 Å². The first-order valence-corrected chi connectivity index (χ1v) is 12.4. The first-order valence-electron chi connectivity index (χ1n) is 12.4. The fourth-order valence-electron chi connectivity index (χ4n) is 4.44. The van der Waals surface area contributed by atoms with Crippen LogP contribution in [0, 0.1) is 6.92 Å². The van der Waals surface area contributed by atoms with E-state index in [0.29, 0.717) is 23.9 Å². The Labute approximate surface area is 217 Å². The summed E-state index contributed by atoms with van der Waals surface area (Å²) in [5, 5.41) is 3.88. The Kier molecular flexibility index (Phi) is 7.87. The molecule has 0 unspecified atom stereocenters. The predicted molar refractivity (Wildman–Crippen MR) is 149 cm³/mol. The quantitative estimate of drug-likeness (QED) is 0.243. The number of furan rings is 1. The average molecular weight is 500 g/mol. The van der Waals surface area contributed by atoms with E-state index in [1.54, 1.807) is 26.6 Å². The van der Waals surface area contributed by atoms with E-state index >= 15 is 0 Å². The lowest BCUT2D eigenvalue weighted by atomic mass is 9.96. The third-order valence-corrected chi connectivity index (χ3v) is 6.43. The normalized spacial score (nSPS) is 11.5. The van der Waals surface area contributed by atoms with Crippen molar-refractivity contribution in [3.05, 3.63) is 77.6 Å². The summed E-state index contributed by atoms with van der Waals surface area (Å²) in [6.07, 6.45) is 4.30. The minimum Gasteiger partial charge on any atom is -0.493 e. The standard InChI is InChI=1S/C31H33NO5/c1-7-21-9-12-23(13-10-21)32-29(33)15-19(3)24-17-25-26(18-37-31(25)20(4)30(24)36-8-2)22-11-14-27(34-5)28(16-22)35-6/h9-18H,7-8H2,1-6H3,(H,32,33)/b19-15+. The van der Waals surface area contributed by atoms with Gasteiger partial charge in [-0.1, -0.05) is 25.1 Å². The number of allylic oxidation sites excluding steroid dienone is 1. The van der Waals surface area contributed by atoms with Gasteiger partial charge in [0.2, 0.25) is 5.91 Å². The van der Waals surface area contributed by atoms with Crippen molar-refractivity contribution >= 4 is 28.1 Å². The minimum atomic E-state index is -0.200. The van der Waals surface area contributed by atoms with Gasteiger partial charge in [0.25, 0.3) is 0 Å². The molecule has 1 N–H and O–H groups in total. The van der Waals surface area contributed by atoms with Gasteiger partial charge in [0.05, 0.1) is 27.1 Å². The van der Waals surface area contributed by atoms with Crippen LogP contribution in [0.3, 0.4) is 0 Å². The van der Waals surface area contributed by atoms with E-state index in [0.717, 1.165) is 50.9 Å². The van der Waals surface area contributed by atoms with Gasteiger partial charge in [0.1, 0.15) is 11.3 Å². The number of methoxy groups -OCH3 is 2. The van der Waals surface area contributed by atoms with E-state index in [1.165, 1.54) is 5.56 Å². The summed E-state index contributed by atoms with van der Waals surface area (Å²) in [4.78, 5) is 12.9. The average Bonchev–Trinajstić information content (AvgIpc) is 3.34. The second-order valence-corrected chi connectivity index (χ2v) is 8.77. The van der Waals surface area contributed by atoms with E-state index in [-0.39, 0.29) is 5.91 Å². The van der Waals surface area contributed by atoms with Crippen molar-refractivity contribution in [2.45, 2.75) is 34.1 Å². The first-order chi connectivity index (χ1) is 17.9. The van der Waals surface area contributed by atoms with Crippen LogP contribution in [0.4, 0.5) is 5.69 Å². The van der Waals surface area contributed by atoms with Crippen molar-refractivity contribution in [1.29, 1.82) is 0 Å². The topological polar surface area (TPSA) is 69.9 Å². The highest BCUT2D eigenvalue weighted by atomic mass is 16.5. The molecule has 0 saturated heterocycles. The van der Waals surface area contributed by atoms with Gasteiger partial charge in [0, 0.05) is 33.8 Å². The summed E-state index contributed by atoms with van der Waals surface area (Å²) in [6.45, 7) is 8.42. The van der Waals surface area contributed by atoms with E-state index in [2.05, 4.69) is 12.2 Å². The zero-order chi connectivity index (χ0) is 26.5. The van der Waals surface area contributed by atoms with Gasteiger partial charge in [-0.05, 0) is 74.2 Å². The molecule has 1 heterocycles. The number of fused-ring (bicyclic) bond motifs is 1. The number of benzene rings is 3. The molecule has 0 aliphatic heterocycles. The lowest BCUT2D eigenvalue weighted by Crippen LogP contribution is -2.09. The predicted octanol–water partition coefficient (Wildman–Crippen LogP) is 7.43. The second-order valence-electron chi connectivity index (χ2n) is 8.77. The smallest absolute Gasteiger partial charge is 0.248 e. The number of carbonyl (C=O) groups excluding carboxylic acids is 1. The monoisotopic (exact) mass is 499 g/mol. The fraction of sp³-hybridized carbons (Fsp3) is 0.258. The highest BCUT2D eigenvalue weighted by Gasteiger charge is 2.20. The number of ether oxygens (including phenoxy) is 3. The molecular formula is C31H33NO5. The Hall–Kier alpha value is -4.19. The summed E-state index contributed by atoms with van der Waals surface area (Å²) in [5.74, 6) is 1.80. The second kappa shape index (κ2) is 11.2. The molecular weight excluding hydrogens is 466 g/mol. The van der Waals surface area contributed by atoms with E-state index in [9.17, 15) is 4.79 Å². The summed E-state index contributed by atoms with van der Waals surface area (Å²) in [7, 11) is 3.23. The van der Waals surface area contributed by atoms with Crippen LogP contribution in [-0.4, -0.2) is 26.7 Å². The maximum atomic E-state index is 12.9. The molecule has 192 valence electrons. The highest BCUT2D eigenvalue weighted by molar-refractivity contribution is 6.06. The molecule has 0 aliphatic rings. The molecule has 3 aromatic carbocycles. The van der Waals surface area contributed by atoms with Gasteiger partial charge in [0.15, 0.2) is 11.5 Å². The third-order valence-electron chi connectivity index (χ3n) is 6.43. The van der Waals surface area contributed by atoms with Crippen LogP contribution >= 0.6 is 0 Å². The summed E-state index contributed by atoms with van der Waals surface area (Å²) < 4.78 is 22.9. The van der Waals surface area contributed by atoms with Crippen LogP contribution in [0.1, 0.15) is 37.5 Å². The summed E-state index contributed by atoms with van der Waals surface area (Å²) in [5.41, 5.74) is 7.07. The van der Waals surface area contributed by atoms with Crippen LogP contribution in [0.5, 0.6) is 17.2 Å². The van der Waals surface area contributed by atoms with Crippen LogP contribution in [0.25, 0.3) is 27.7 Å². The summed E-state index contributed by atoms with van der Waals surface area (Å²) >= 11 is 0. The zero-order valence-electron chi connectivity index (χ0n) is 22.2. The molecule has 1 aromatic heterocycles. The van der Waals surface area contributed by atoms with Crippen molar-refractivity contribution in [3.63, 3.8) is 0 Å². The molecule has 0 radical (unpaired) electrons. The molecule has 37 heavy (non-hydrogen) atoms. The maximum Gasteiger partial charge on any atom is 0.248 e. The molecule has 0 bridgehead atoms. The van der Waals surface area contributed by atoms with Gasteiger partial charge in [-0.3, -0.25) is 4.79 Å². The number of carbonyl (C=O) groups is 1. The van der Waals surface area contributed by atoms with Gasteiger partial charge in [-0.2, -0.15) is 0 Å². The Morgan fingerprint density at radius 2 is 1.73 bits per heavy atom.